The minimum Gasteiger partial charge on any atom is -0.504 e. The van der Waals surface area contributed by atoms with E-state index in [0.717, 1.165) is 12.8 Å². The summed E-state index contributed by atoms with van der Waals surface area (Å²) in [6.45, 7) is 2.33. The Bertz CT molecular complexity index is 1610. The minimum absolute atomic E-state index is 0.0874. The SMILES string of the molecule is CCCCOC(=O)c1ccc(N2C(=O)c3oc4ccc(Cl)cc4c(=O)c3C2c2ccc(O)c(OC)c2)cc1. The largest absolute Gasteiger partial charge is 0.504 e. The van der Waals surface area contributed by atoms with E-state index in [1.807, 2.05) is 6.92 Å². The number of fused-ring (bicyclic) bond motifs is 2. The van der Waals surface area contributed by atoms with Gasteiger partial charge in [-0.3, -0.25) is 14.5 Å². The van der Waals surface area contributed by atoms with Gasteiger partial charge in [-0.25, -0.2) is 4.79 Å². The van der Waals surface area contributed by atoms with Crippen LogP contribution in [0.5, 0.6) is 11.5 Å². The van der Waals surface area contributed by atoms with Crippen LogP contribution in [0.25, 0.3) is 11.0 Å². The van der Waals surface area contributed by atoms with Gasteiger partial charge < -0.3 is 19.0 Å². The number of hydrogen-bond acceptors (Lipinski definition) is 7. The number of phenols is 1. The summed E-state index contributed by atoms with van der Waals surface area (Å²) < 4.78 is 16.5. The lowest BCUT2D eigenvalue weighted by molar-refractivity contribution is 0.0499. The van der Waals surface area contributed by atoms with Gasteiger partial charge in [0.25, 0.3) is 5.91 Å². The lowest BCUT2D eigenvalue weighted by Crippen LogP contribution is -2.29. The van der Waals surface area contributed by atoms with Gasteiger partial charge in [-0.15, -0.1) is 0 Å². The van der Waals surface area contributed by atoms with Gasteiger partial charge in [-0.05, 0) is 66.6 Å². The fourth-order valence-electron chi connectivity index (χ4n) is 4.54. The molecule has 194 valence electrons. The van der Waals surface area contributed by atoms with Crippen molar-refractivity contribution in [3.8, 4) is 11.5 Å². The number of rotatable bonds is 7. The van der Waals surface area contributed by atoms with Crippen LogP contribution in [0.3, 0.4) is 0 Å². The zero-order valence-corrected chi connectivity index (χ0v) is 21.4. The molecule has 1 aliphatic rings. The highest BCUT2D eigenvalue weighted by molar-refractivity contribution is 6.31. The highest BCUT2D eigenvalue weighted by atomic mass is 35.5. The van der Waals surface area contributed by atoms with Crippen molar-refractivity contribution >= 4 is 40.1 Å². The number of amides is 1. The van der Waals surface area contributed by atoms with Crippen molar-refractivity contribution in [3.63, 3.8) is 0 Å². The summed E-state index contributed by atoms with van der Waals surface area (Å²) in [4.78, 5) is 41.3. The number of methoxy groups -OCH3 is 1. The molecule has 8 nitrogen and oxygen atoms in total. The molecule has 0 radical (unpaired) electrons. The molecule has 3 aromatic carbocycles. The summed E-state index contributed by atoms with van der Waals surface area (Å²) in [6.07, 6.45) is 1.67. The van der Waals surface area contributed by atoms with Gasteiger partial charge in [0.2, 0.25) is 5.76 Å². The number of halogens is 1. The quantitative estimate of drug-likeness (QED) is 0.234. The van der Waals surface area contributed by atoms with Crippen LogP contribution in [0.4, 0.5) is 5.69 Å². The zero-order valence-electron chi connectivity index (χ0n) is 20.7. The molecule has 0 saturated carbocycles. The number of aromatic hydroxyl groups is 1. The van der Waals surface area contributed by atoms with Crippen molar-refractivity contribution in [1.82, 2.24) is 0 Å². The summed E-state index contributed by atoms with van der Waals surface area (Å²) >= 11 is 6.15. The number of ether oxygens (including phenoxy) is 2. The van der Waals surface area contributed by atoms with E-state index in [1.54, 1.807) is 48.5 Å². The Morgan fingerprint density at radius 3 is 2.55 bits per heavy atom. The monoisotopic (exact) mass is 533 g/mol. The first kappa shape index (κ1) is 25.4. The van der Waals surface area contributed by atoms with E-state index in [9.17, 15) is 19.5 Å². The van der Waals surface area contributed by atoms with Crippen molar-refractivity contribution in [1.29, 1.82) is 0 Å². The molecule has 1 N–H and O–H groups in total. The number of benzene rings is 3. The van der Waals surface area contributed by atoms with Crippen LogP contribution in [0.1, 0.15) is 57.8 Å². The molecule has 5 rings (SSSR count). The molecule has 38 heavy (non-hydrogen) atoms. The van der Waals surface area contributed by atoms with Crippen LogP contribution in [-0.2, 0) is 4.74 Å². The highest BCUT2D eigenvalue weighted by Crippen LogP contribution is 2.43. The fourth-order valence-corrected chi connectivity index (χ4v) is 4.71. The van der Waals surface area contributed by atoms with Gasteiger partial charge in [-0.2, -0.15) is 0 Å². The molecule has 1 aromatic heterocycles. The summed E-state index contributed by atoms with van der Waals surface area (Å²) in [5, 5.41) is 10.7. The molecule has 2 heterocycles. The van der Waals surface area contributed by atoms with Gasteiger partial charge in [0.15, 0.2) is 16.9 Å². The third-order valence-electron chi connectivity index (χ3n) is 6.46. The number of anilines is 1. The van der Waals surface area contributed by atoms with E-state index in [2.05, 4.69) is 0 Å². The molecular formula is C29H24ClNO7. The van der Waals surface area contributed by atoms with E-state index in [-0.39, 0.29) is 33.8 Å². The van der Waals surface area contributed by atoms with E-state index in [1.165, 1.54) is 24.1 Å². The maximum atomic E-state index is 13.8. The van der Waals surface area contributed by atoms with Crippen molar-refractivity contribution in [3.05, 3.63) is 98.4 Å². The number of nitrogens with zero attached hydrogens (tertiary/aromatic N) is 1. The molecule has 1 aliphatic heterocycles. The van der Waals surface area contributed by atoms with E-state index < -0.39 is 23.3 Å². The van der Waals surface area contributed by atoms with Crippen LogP contribution < -0.4 is 15.1 Å². The molecule has 4 aromatic rings. The zero-order chi connectivity index (χ0) is 27.0. The van der Waals surface area contributed by atoms with Gasteiger partial charge in [0.1, 0.15) is 5.58 Å². The van der Waals surface area contributed by atoms with Gasteiger partial charge in [-0.1, -0.05) is 31.0 Å². The standard InChI is InChI=1S/C29H24ClNO7/c1-3-4-13-37-29(35)16-5-9-19(10-6-16)31-25(17-7-11-21(32)23(14-17)36-2)24-26(33)20-15-18(30)8-12-22(20)38-27(24)28(31)34/h5-12,14-15,25,32H,3-4,13H2,1-2H3. The summed E-state index contributed by atoms with van der Waals surface area (Å²) in [5.74, 6) is -0.979. The molecule has 0 spiro atoms. The van der Waals surface area contributed by atoms with Gasteiger partial charge in [0, 0.05) is 10.7 Å². The smallest absolute Gasteiger partial charge is 0.338 e. The van der Waals surface area contributed by atoms with Crippen molar-refractivity contribution < 1.29 is 28.6 Å². The van der Waals surface area contributed by atoms with Crippen molar-refractivity contribution in [2.24, 2.45) is 0 Å². The Morgan fingerprint density at radius 1 is 1.08 bits per heavy atom. The molecule has 0 saturated heterocycles. The number of carbonyl (C=O) groups is 2. The second kappa shape index (κ2) is 10.2. The Kier molecular flexibility index (Phi) is 6.82. The predicted octanol–water partition coefficient (Wildman–Crippen LogP) is 5.87. The molecular weight excluding hydrogens is 510 g/mol. The molecule has 9 heteroatoms. The van der Waals surface area contributed by atoms with Crippen LogP contribution in [-0.4, -0.2) is 30.7 Å². The molecule has 0 fully saturated rings. The van der Waals surface area contributed by atoms with Crippen LogP contribution in [0, 0.1) is 0 Å². The second-order valence-electron chi connectivity index (χ2n) is 8.86. The van der Waals surface area contributed by atoms with Crippen LogP contribution in [0.2, 0.25) is 5.02 Å². The fraction of sp³-hybridized carbons (Fsp3) is 0.207. The first-order valence-corrected chi connectivity index (χ1v) is 12.5. The van der Waals surface area contributed by atoms with Gasteiger partial charge >= 0.3 is 5.97 Å². The normalized spacial score (nSPS) is 14.6. The first-order valence-electron chi connectivity index (χ1n) is 12.1. The Morgan fingerprint density at radius 2 is 1.84 bits per heavy atom. The summed E-state index contributed by atoms with van der Waals surface area (Å²) in [7, 11) is 1.41. The number of phenolic OH excluding ortho intramolecular Hbond substituents is 1. The molecule has 1 amide bonds. The Hall–Kier alpha value is -4.30. The topological polar surface area (TPSA) is 106 Å². The molecule has 0 aliphatic carbocycles. The molecule has 0 bridgehead atoms. The highest BCUT2D eigenvalue weighted by Gasteiger charge is 2.44. The minimum atomic E-state index is -0.894. The Balaban J connectivity index is 1.65. The van der Waals surface area contributed by atoms with Gasteiger partial charge in [0.05, 0.1) is 36.3 Å². The second-order valence-corrected chi connectivity index (χ2v) is 9.30. The average Bonchev–Trinajstić information content (AvgIpc) is 3.22. The van der Waals surface area contributed by atoms with Crippen LogP contribution >= 0.6 is 11.6 Å². The third-order valence-corrected chi connectivity index (χ3v) is 6.70. The Labute approximate surface area is 223 Å². The number of hydrogen-bond donors (Lipinski definition) is 1. The third kappa shape index (κ3) is 4.37. The first-order chi connectivity index (χ1) is 18.3. The van der Waals surface area contributed by atoms with E-state index >= 15 is 0 Å². The maximum Gasteiger partial charge on any atom is 0.338 e. The molecule has 1 atom stereocenters. The number of esters is 1. The number of unbranched alkanes of at least 4 members (excludes halogenated alkanes) is 1. The average molecular weight is 534 g/mol. The summed E-state index contributed by atoms with van der Waals surface area (Å²) in [5.41, 5.74) is 1.27. The van der Waals surface area contributed by atoms with Crippen molar-refractivity contribution in [2.75, 3.05) is 18.6 Å². The summed E-state index contributed by atoms with van der Waals surface area (Å²) in [6, 6.07) is 14.7. The van der Waals surface area contributed by atoms with Crippen molar-refractivity contribution in [2.45, 2.75) is 25.8 Å². The molecule has 1 unspecified atom stereocenters. The predicted molar refractivity (Wildman–Crippen MR) is 142 cm³/mol. The van der Waals surface area contributed by atoms with Crippen LogP contribution in [0.15, 0.2) is 69.9 Å². The van der Waals surface area contributed by atoms with E-state index in [4.69, 9.17) is 25.5 Å². The lowest BCUT2D eigenvalue weighted by atomic mass is 9.97. The number of carbonyl (C=O) groups excluding carboxylic acids is 2. The lowest BCUT2D eigenvalue weighted by Gasteiger charge is -2.25. The van der Waals surface area contributed by atoms with E-state index in [0.29, 0.717) is 28.4 Å². The maximum absolute atomic E-state index is 13.8.